The van der Waals surface area contributed by atoms with Gasteiger partial charge >= 0.3 is 0 Å². The van der Waals surface area contributed by atoms with Gasteiger partial charge in [0.15, 0.2) is 0 Å². The second-order valence-electron chi connectivity index (χ2n) is 8.49. The largest absolute Gasteiger partial charge is 0.333 e. The van der Waals surface area contributed by atoms with Gasteiger partial charge in [0.1, 0.15) is 0 Å². The van der Waals surface area contributed by atoms with Crippen molar-refractivity contribution in [3.63, 3.8) is 0 Å². The van der Waals surface area contributed by atoms with Crippen LogP contribution in [0.1, 0.15) is 188 Å². The number of rotatable bonds is 10. The molecule has 0 saturated carbocycles. The summed E-state index contributed by atoms with van der Waals surface area (Å²) in [7, 11) is 3.36. The maximum atomic E-state index is 8.88. The van der Waals surface area contributed by atoms with E-state index in [0.717, 1.165) is 19.3 Å². The zero-order chi connectivity index (χ0) is 32.0. The van der Waals surface area contributed by atoms with Crippen LogP contribution < -0.4 is 22.1 Å². The van der Waals surface area contributed by atoms with Crippen molar-refractivity contribution in [1.29, 1.82) is 0 Å². The van der Waals surface area contributed by atoms with Gasteiger partial charge in [-0.05, 0) is 40.8 Å². The average Bonchev–Trinajstić information content (AvgIpc) is 2.93. The molecule has 5 nitrogen and oxygen atoms in total. The van der Waals surface area contributed by atoms with Gasteiger partial charge in [0.25, 0.3) is 0 Å². The van der Waals surface area contributed by atoms with E-state index in [-0.39, 0.29) is 5.54 Å². The van der Waals surface area contributed by atoms with Crippen molar-refractivity contribution < 1.29 is 5.21 Å². The highest BCUT2D eigenvalue weighted by molar-refractivity contribution is 4.80. The lowest BCUT2D eigenvalue weighted by atomic mass is 9.94. The maximum Gasteiger partial charge on any atom is 0.0389 e. The number of hydrogen-bond donors (Lipinski definition) is 5. The molecular weight excluding hydrogens is 456 g/mol. The van der Waals surface area contributed by atoms with Crippen molar-refractivity contribution in [2.75, 3.05) is 14.1 Å². The Morgan fingerprint density at radius 3 is 0.973 bits per heavy atom. The van der Waals surface area contributed by atoms with E-state index in [1.54, 1.807) is 0 Å². The SMILES string of the molecule is CC.CC.CCC.CCC.CCCC.CCCC.CCCC.CCCC(CC(C)(C)NO)NNC.CN. The lowest BCUT2D eigenvalue weighted by molar-refractivity contribution is 0.0681. The zero-order valence-electron chi connectivity index (χ0n) is 30.4. The molecule has 0 aliphatic rings. The van der Waals surface area contributed by atoms with Gasteiger partial charge in [-0.25, -0.2) is 0 Å². The second kappa shape index (κ2) is 83.4. The average molecular weight is 543 g/mol. The van der Waals surface area contributed by atoms with Crippen molar-refractivity contribution in [1.82, 2.24) is 16.3 Å². The van der Waals surface area contributed by atoms with Crippen molar-refractivity contribution in [2.45, 2.75) is 200 Å². The van der Waals surface area contributed by atoms with E-state index in [2.05, 4.69) is 98.2 Å². The monoisotopic (exact) mass is 543 g/mol. The van der Waals surface area contributed by atoms with Crippen molar-refractivity contribution >= 4 is 0 Å². The first-order valence-corrected chi connectivity index (χ1v) is 16.0. The van der Waals surface area contributed by atoms with Crippen LogP contribution in [-0.4, -0.2) is 30.9 Å². The smallest absolute Gasteiger partial charge is 0.0389 e. The first-order chi connectivity index (χ1) is 17.6. The minimum absolute atomic E-state index is 0.232. The molecule has 6 N–H and O–H groups in total. The minimum atomic E-state index is -0.232. The molecule has 0 aromatic carbocycles. The van der Waals surface area contributed by atoms with Crippen LogP contribution >= 0.6 is 0 Å². The van der Waals surface area contributed by atoms with Gasteiger partial charge in [-0.15, -0.1) is 0 Å². The minimum Gasteiger partial charge on any atom is -0.333 e. The van der Waals surface area contributed by atoms with Gasteiger partial charge in [0.05, 0.1) is 0 Å². The van der Waals surface area contributed by atoms with Crippen LogP contribution in [-0.2, 0) is 0 Å². The number of hydrogen-bond acceptors (Lipinski definition) is 5. The molecule has 0 fully saturated rings. The standard InChI is InChI=1S/C9H23N3O.3C4H10.2C3H8.2C2H6.CH5N/c1-5-6-8(11-10-4)7-9(2,3)12-13;3*1-3-4-2;2*1-3-2;3*1-2/h8,10-13H,5-7H2,1-4H3;3*3-4H2,1-2H3;2*3H2,1-2H3;2*1-2H3;2H2,1H3. The van der Waals surface area contributed by atoms with Gasteiger partial charge in [-0.3, -0.25) is 10.9 Å². The highest BCUT2D eigenvalue weighted by atomic mass is 16.5. The van der Waals surface area contributed by atoms with Crippen molar-refractivity contribution in [3.05, 3.63) is 0 Å². The first kappa shape index (κ1) is 61.0. The highest BCUT2D eigenvalue weighted by Crippen LogP contribution is 2.13. The molecule has 0 rings (SSSR count). The molecule has 5 heteroatoms. The van der Waals surface area contributed by atoms with Gasteiger partial charge in [-0.2, -0.15) is 5.48 Å². The summed E-state index contributed by atoms with van der Waals surface area (Å²) in [4.78, 5) is 0. The van der Waals surface area contributed by atoms with E-state index in [0.29, 0.717) is 6.04 Å². The van der Waals surface area contributed by atoms with Gasteiger partial charge < -0.3 is 10.9 Å². The molecule has 0 amide bonds. The van der Waals surface area contributed by atoms with Crippen LogP contribution in [0.5, 0.6) is 0 Å². The van der Waals surface area contributed by atoms with Crippen LogP contribution in [0, 0.1) is 0 Å². The normalized spacial score (nSPS) is 9.00. The fraction of sp³-hybridized carbons (Fsp3) is 1.00. The topological polar surface area (TPSA) is 82.3 Å². The third-order valence-corrected chi connectivity index (χ3v) is 3.54. The van der Waals surface area contributed by atoms with E-state index in [9.17, 15) is 0 Å². The molecule has 37 heavy (non-hydrogen) atoms. The summed E-state index contributed by atoms with van der Waals surface area (Å²) in [6, 6.07) is 0.393. The Balaban J connectivity index is -0.0000000390. The Kier molecular flexibility index (Phi) is 138. The molecule has 0 aliphatic carbocycles. The van der Waals surface area contributed by atoms with E-state index in [4.69, 9.17) is 5.21 Å². The summed E-state index contributed by atoms with van der Waals surface area (Å²) >= 11 is 0. The van der Waals surface area contributed by atoms with Crippen LogP contribution in [0.4, 0.5) is 0 Å². The molecule has 1 unspecified atom stereocenters. The Morgan fingerprint density at radius 1 is 0.595 bits per heavy atom. The molecule has 0 bridgehead atoms. The van der Waals surface area contributed by atoms with Crippen LogP contribution in [0.25, 0.3) is 0 Å². The summed E-state index contributed by atoms with van der Waals surface area (Å²) in [5.41, 5.74) is 12.7. The third kappa shape index (κ3) is 145. The lowest BCUT2D eigenvalue weighted by Crippen LogP contribution is -2.47. The maximum absolute atomic E-state index is 8.88. The summed E-state index contributed by atoms with van der Waals surface area (Å²) in [5.74, 6) is 0. The number of nitrogens with two attached hydrogens (primary N) is 1. The van der Waals surface area contributed by atoms with E-state index in [1.165, 1.54) is 58.4 Å². The quantitative estimate of drug-likeness (QED) is 0.177. The Bertz CT molecular complexity index is 205. The van der Waals surface area contributed by atoms with E-state index in [1.807, 2.05) is 48.6 Å². The summed E-state index contributed by atoms with van der Waals surface area (Å²) < 4.78 is 0. The molecule has 0 spiro atoms. The lowest BCUT2D eigenvalue weighted by Gasteiger charge is -2.28. The van der Waals surface area contributed by atoms with Crippen molar-refractivity contribution in [2.24, 2.45) is 5.73 Å². The van der Waals surface area contributed by atoms with Crippen LogP contribution in [0.3, 0.4) is 0 Å². The van der Waals surface area contributed by atoms with Crippen molar-refractivity contribution in [3.8, 4) is 0 Å². The zero-order valence-corrected chi connectivity index (χ0v) is 30.4. The molecule has 240 valence electrons. The van der Waals surface area contributed by atoms with Gasteiger partial charge in [0.2, 0.25) is 0 Å². The highest BCUT2D eigenvalue weighted by Gasteiger charge is 2.21. The molecule has 0 aliphatic heterocycles. The number of nitrogens with one attached hydrogen (secondary N) is 3. The third-order valence-electron chi connectivity index (χ3n) is 3.54. The molecule has 1 atom stereocenters. The van der Waals surface area contributed by atoms with E-state index < -0.39 is 0 Å². The predicted molar refractivity (Wildman–Crippen MR) is 181 cm³/mol. The Hall–Kier alpha value is -0.200. The number of hydrazine groups is 1. The molecule has 0 saturated heterocycles. The first-order valence-electron chi connectivity index (χ1n) is 16.0. The summed E-state index contributed by atoms with van der Waals surface area (Å²) in [5, 5.41) is 8.88. The Labute approximate surface area is 241 Å². The van der Waals surface area contributed by atoms with Gasteiger partial charge in [0, 0.05) is 11.6 Å². The van der Waals surface area contributed by atoms with Crippen LogP contribution in [0.15, 0.2) is 0 Å². The number of hydroxylamine groups is 1. The van der Waals surface area contributed by atoms with Gasteiger partial charge in [-0.1, -0.05) is 162 Å². The molecule has 0 aromatic heterocycles. The molecule has 0 aromatic rings. The molecule has 0 radical (unpaired) electrons. The summed E-state index contributed by atoms with van der Waals surface area (Å²) in [6.45, 7) is 35.7. The molecule has 0 heterocycles. The Morgan fingerprint density at radius 2 is 0.838 bits per heavy atom. The fourth-order valence-corrected chi connectivity index (χ4v) is 1.44. The fourth-order valence-electron chi connectivity index (χ4n) is 1.44. The second-order valence-corrected chi connectivity index (χ2v) is 8.49. The summed E-state index contributed by atoms with van der Waals surface area (Å²) in [6.07, 6.45) is 13.5. The molecular formula is C32H86N4O. The predicted octanol–water partition coefficient (Wildman–Crippen LogP) is 10.9. The van der Waals surface area contributed by atoms with E-state index >= 15 is 0 Å². The number of unbranched alkanes of at least 4 members (excludes halogenated alkanes) is 3. The van der Waals surface area contributed by atoms with Crippen LogP contribution in [0.2, 0.25) is 0 Å².